The Morgan fingerprint density at radius 1 is 1.47 bits per heavy atom. The van der Waals surface area contributed by atoms with Gasteiger partial charge >= 0.3 is 0 Å². The maximum atomic E-state index is 11.9. The van der Waals surface area contributed by atoms with Crippen molar-refractivity contribution in [3.8, 4) is 0 Å². The molecule has 17 heavy (non-hydrogen) atoms. The molecule has 0 radical (unpaired) electrons. The third-order valence-electron chi connectivity index (χ3n) is 3.42. The molecule has 1 aromatic heterocycles. The lowest BCUT2D eigenvalue weighted by molar-refractivity contribution is -0.122. The number of hydrogen-bond donors (Lipinski definition) is 2. The van der Waals surface area contributed by atoms with Crippen LogP contribution in [0.25, 0.3) is 0 Å². The molecule has 0 spiro atoms. The summed E-state index contributed by atoms with van der Waals surface area (Å²) in [7, 11) is 0. The van der Waals surface area contributed by atoms with Crippen molar-refractivity contribution in [2.75, 3.05) is 6.54 Å². The van der Waals surface area contributed by atoms with Crippen molar-refractivity contribution in [2.45, 2.75) is 38.1 Å². The van der Waals surface area contributed by atoms with Crippen LogP contribution in [0.4, 0.5) is 0 Å². The molecule has 2 rings (SSSR count). The fourth-order valence-corrected chi connectivity index (χ4v) is 3.07. The van der Waals surface area contributed by atoms with Crippen LogP contribution in [-0.4, -0.2) is 12.5 Å². The number of amides is 1. The first-order chi connectivity index (χ1) is 8.27. The van der Waals surface area contributed by atoms with Gasteiger partial charge in [-0.05, 0) is 30.2 Å². The monoisotopic (exact) mass is 252 g/mol. The number of carbonyl (C=O) groups is 1. The Labute approximate surface area is 106 Å². The average molecular weight is 252 g/mol. The van der Waals surface area contributed by atoms with Gasteiger partial charge in [-0.25, -0.2) is 0 Å². The Bertz CT molecular complexity index is 344. The minimum atomic E-state index is -0.501. The molecule has 1 aliphatic carbocycles. The predicted octanol–water partition coefficient (Wildman–Crippen LogP) is 2.44. The zero-order valence-electron chi connectivity index (χ0n) is 10.0. The van der Waals surface area contributed by atoms with E-state index in [2.05, 4.69) is 5.32 Å². The molecule has 0 aromatic carbocycles. The van der Waals surface area contributed by atoms with Gasteiger partial charge in [-0.1, -0.05) is 25.3 Å². The summed E-state index contributed by atoms with van der Waals surface area (Å²) in [6, 6.07) is 3.34. The first-order valence-corrected chi connectivity index (χ1v) is 7.22. The van der Waals surface area contributed by atoms with Crippen LogP contribution in [0.5, 0.6) is 0 Å². The minimum absolute atomic E-state index is 0.0435. The van der Waals surface area contributed by atoms with E-state index in [1.165, 1.54) is 43.4 Å². The Kier molecular flexibility index (Phi) is 4.57. The molecule has 1 heterocycles. The lowest BCUT2D eigenvalue weighted by atomic mass is 9.89. The highest BCUT2D eigenvalue weighted by Gasteiger charge is 2.19. The van der Waals surface area contributed by atoms with E-state index in [-0.39, 0.29) is 5.91 Å². The van der Waals surface area contributed by atoms with E-state index in [9.17, 15) is 4.79 Å². The van der Waals surface area contributed by atoms with E-state index in [0.717, 1.165) is 11.4 Å². The van der Waals surface area contributed by atoms with Gasteiger partial charge in [0, 0.05) is 11.4 Å². The van der Waals surface area contributed by atoms with Crippen LogP contribution >= 0.6 is 11.3 Å². The van der Waals surface area contributed by atoms with Gasteiger partial charge < -0.3 is 11.1 Å². The third-order valence-corrected chi connectivity index (χ3v) is 4.38. The van der Waals surface area contributed by atoms with Crippen molar-refractivity contribution < 1.29 is 4.79 Å². The molecule has 1 atom stereocenters. The molecule has 1 aromatic rings. The molecule has 0 saturated heterocycles. The summed E-state index contributed by atoms with van der Waals surface area (Å²) in [5.41, 5.74) is 5.90. The van der Waals surface area contributed by atoms with Crippen LogP contribution in [0, 0.1) is 5.92 Å². The number of nitrogens with one attached hydrogen (secondary N) is 1. The zero-order chi connectivity index (χ0) is 12.1. The Balaban J connectivity index is 1.76. The van der Waals surface area contributed by atoms with Gasteiger partial charge in [-0.3, -0.25) is 4.79 Å². The van der Waals surface area contributed by atoms with Crippen molar-refractivity contribution in [3.05, 3.63) is 22.4 Å². The van der Waals surface area contributed by atoms with Crippen LogP contribution in [0.15, 0.2) is 17.5 Å². The van der Waals surface area contributed by atoms with E-state index in [1.807, 2.05) is 17.5 Å². The maximum absolute atomic E-state index is 11.9. The van der Waals surface area contributed by atoms with Crippen molar-refractivity contribution in [2.24, 2.45) is 11.7 Å². The molecule has 94 valence electrons. The summed E-state index contributed by atoms with van der Waals surface area (Å²) >= 11 is 1.53. The minimum Gasteiger partial charge on any atom is -0.354 e. The molecule has 1 unspecified atom stereocenters. The van der Waals surface area contributed by atoms with Gasteiger partial charge in [0.25, 0.3) is 0 Å². The van der Waals surface area contributed by atoms with Gasteiger partial charge in [-0.2, -0.15) is 0 Å². The van der Waals surface area contributed by atoms with Crippen molar-refractivity contribution in [1.29, 1.82) is 0 Å². The molecule has 1 saturated carbocycles. The molecule has 1 aliphatic rings. The van der Waals surface area contributed by atoms with Crippen LogP contribution in [0.2, 0.25) is 0 Å². The second-order valence-corrected chi connectivity index (χ2v) is 5.72. The topological polar surface area (TPSA) is 55.1 Å². The van der Waals surface area contributed by atoms with Gasteiger partial charge in [0.05, 0.1) is 0 Å². The van der Waals surface area contributed by atoms with Crippen molar-refractivity contribution in [1.82, 2.24) is 5.32 Å². The van der Waals surface area contributed by atoms with Gasteiger partial charge in [-0.15, -0.1) is 11.3 Å². The Morgan fingerprint density at radius 2 is 2.24 bits per heavy atom. The van der Waals surface area contributed by atoms with Crippen LogP contribution in [0.3, 0.4) is 0 Å². The fraction of sp³-hybridized carbons (Fsp3) is 0.615. The van der Waals surface area contributed by atoms with Crippen molar-refractivity contribution in [3.63, 3.8) is 0 Å². The van der Waals surface area contributed by atoms with E-state index >= 15 is 0 Å². The molecule has 1 fully saturated rings. The van der Waals surface area contributed by atoms with E-state index in [1.54, 1.807) is 0 Å². The summed E-state index contributed by atoms with van der Waals surface area (Å²) < 4.78 is 0. The predicted molar refractivity (Wildman–Crippen MR) is 70.8 cm³/mol. The summed E-state index contributed by atoms with van der Waals surface area (Å²) in [6.07, 6.45) is 6.44. The molecule has 0 bridgehead atoms. The molecule has 3 N–H and O–H groups in total. The van der Waals surface area contributed by atoms with Gasteiger partial charge in [0.15, 0.2) is 0 Å². The van der Waals surface area contributed by atoms with Gasteiger partial charge in [0.2, 0.25) is 5.91 Å². The second kappa shape index (κ2) is 6.17. The average Bonchev–Trinajstić information content (AvgIpc) is 2.90. The highest BCUT2D eigenvalue weighted by Crippen LogP contribution is 2.23. The fourth-order valence-electron chi connectivity index (χ4n) is 2.34. The SMILES string of the molecule is NC(C(=O)NCC1CCCCC1)c1cccs1. The molecular weight excluding hydrogens is 232 g/mol. The summed E-state index contributed by atoms with van der Waals surface area (Å²) in [5, 5.41) is 4.93. The largest absolute Gasteiger partial charge is 0.354 e. The smallest absolute Gasteiger partial charge is 0.242 e. The quantitative estimate of drug-likeness (QED) is 0.864. The molecule has 1 amide bonds. The summed E-state index contributed by atoms with van der Waals surface area (Å²) in [6.45, 7) is 0.790. The van der Waals surface area contributed by atoms with Crippen LogP contribution < -0.4 is 11.1 Å². The number of nitrogens with two attached hydrogens (primary N) is 1. The normalized spacial score (nSPS) is 18.9. The Morgan fingerprint density at radius 3 is 2.88 bits per heavy atom. The number of hydrogen-bond acceptors (Lipinski definition) is 3. The Hall–Kier alpha value is -0.870. The van der Waals surface area contributed by atoms with E-state index in [0.29, 0.717) is 5.92 Å². The van der Waals surface area contributed by atoms with Crippen LogP contribution in [0.1, 0.15) is 43.0 Å². The number of rotatable bonds is 4. The standard InChI is InChI=1S/C13H20N2OS/c14-12(11-7-4-8-17-11)13(16)15-9-10-5-2-1-3-6-10/h4,7-8,10,12H,1-3,5-6,9,14H2,(H,15,16). The molecular formula is C13H20N2OS. The van der Waals surface area contributed by atoms with Crippen molar-refractivity contribution >= 4 is 17.2 Å². The second-order valence-electron chi connectivity index (χ2n) is 4.74. The first kappa shape index (κ1) is 12.6. The summed E-state index contributed by atoms with van der Waals surface area (Å²) in [4.78, 5) is 12.8. The highest BCUT2D eigenvalue weighted by molar-refractivity contribution is 7.10. The lowest BCUT2D eigenvalue weighted by Gasteiger charge is -2.22. The highest BCUT2D eigenvalue weighted by atomic mass is 32.1. The molecule has 0 aliphatic heterocycles. The number of carbonyl (C=O) groups excluding carboxylic acids is 1. The maximum Gasteiger partial charge on any atom is 0.242 e. The lowest BCUT2D eigenvalue weighted by Crippen LogP contribution is -2.37. The van der Waals surface area contributed by atoms with Gasteiger partial charge in [0.1, 0.15) is 6.04 Å². The van der Waals surface area contributed by atoms with E-state index < -0.39 is 6.04 Å². The summed E-state index contributed by atoms with van der Waals surface area (Å²) in [5.74, 6) is 0.612. The first-order valence-electron chi connectivity index (χ1n) is 6.34. The number of thiophene rings is 1. The van der Waals surface area contributed by atoms with E-state index in [4.69, 9.17) is 5.73 Å². The van der Waals surface area contributed by atoms with Crippen LogP contribution in [-0.2, 0) is 4.79 Å². The molecule has 3 nitrogen and oxygen atoms in total. The zero-order valence-corrected chi connectivity index (χ0v) is 10.8. The molecule has 4 heteroatoms. The third kappa shape index (κ3) is 3.54.